The summed E-state index contributed by atoms with van der Waals surface area (Å²) in [5.74, 6) is 0.807. The van der Waals surface area contributed by atoms with Gasteiger partial charge < -0.3 is 15.0 Å². The van der Waals surface area contributed by atoms with Crippen LogP contribution in [0.2, 0.25) is 0 Å². The summed E-state index contributed by atoms with van der Waals surface area (Å²) in [5, 5.41) is 6.76. The monoisotopic (exact) mass is 495 g/mol. The van der Waals surface area contributed by atoms with Gasteiger partial charge in [-0.1, -0.05) is 18.2 Å². The minimum absolute atomic E-state index is 0. The predicted molar refractivity (Wildman–Crippen MR) is 125 cm³/mol. The van der Waals surface area contributed by atoms with Gasteiger partial charge >= 0.3 is 0 Å². The number of guanidine groups is 1. The van der Waals surface area contributed by atoms with Crippen LogP contribution < -0.4 is 10.6 Å². The molecule has 3 aromatic rings. The first-order valence-electron chi connectivity index (χ1n) is 8.70. The standard InChI is InChI=1S/C20H25N5S.HI/c1-15-7-8-16(18(12-15)26-3)13-23-20(21-2)22-10-9-17-14-25-11-5-4-6-19(25)24-17;/h4-8,11-12,14H,9-10,13H2,1-3H3,(H2,21,22,23);1H. The summed E-state index contributed by atoms with van der Waals surface area (Å²) < 4.78 is 2.05. The molecular weight excluding hydrogens is 469 g/mol. The highest BCUT2D eigenvalue weighted by Crippen LogP contribution is 2.21. The molecule has 3 rings (SSSR count). The van der Waals surface area contributed by atoms with Crippen LogP contribution in [0.1, 0.15) is 16.8 Å². The van der Waals surface area contributed by atoms with Gasteiger partial charge in [0.1, 0.15) is 5.65 Å². The van der Waals surface area contributed by atoms with Crippen LogP contribution in [0.5, 0.6) is 0 Å². The molecule has 0 amide bonds. The number of aryl methyl sites for hydroxylation is 1. The summed E-state index contributed by atoms with van der Waals surface area (Å²) in [6.45, 7) is 3.66. The van der Waals surface area contributed by atoms with E-state index in [2.05, 4.69) is 58.2 Å². The molecule has 0 aliphatic heterocycles. The first-order chi connectivity index (χ1) is 12.7. The van der Waals surface area contributed by atoms with E-state index in [1.165, 1.54) is 16.0 Å². The largest absolute Gasteiger partial charge is 0.356 e. The number of nitrogens with one attached hydrogen (secondary N) is 2. The minimum Gasteiger partial charge on any atom is -0.356 e. The normalized spacial score (nSPS) is 11.3. The van der Waals surface area contributed by atoms with Gasteiger partial charge in [0, 0.05) is 43.8 Å². The molecule has 1 aromatic carbocycles. The smallest absolute Gasteiger partial charge is 0.191 e. The molecule has 0 saturated heterocycles. The maximum absolute atomic E-state index is 4.62. The number of benzene rings is 1. The summed E-state index contributed by atoms with van der Waals surface area (Å²) in [6.07, 6.45) is 7.05. The zero-order valence-electron chi connectivity index (χ0n) is 15.9. The molecule has 2 aromatic heterocycles. The van der Waals surface area contributed by atoms with Crippen LogP contribution in [0.4, 0.5) is 0 Å². The number of nitrogens with zero attached hydrogens (tertiary/aromatic N) is 3. The number of hydrogen-bond acceptors (Lipinski definition) is 3. The van der Waals surface area contributed by atoms with Crippen LogP contribution in [0.15, 0.2) is 58.7 Å². The van der Waals surface area contributed by atoms with Gasteiger partial charge in [0.15, 0.2) is 5.96 Å². The highest BCUT2D eigenvalue weighted by molar-refractivity contribution is 14.0. The second-order valence-electron chi connectivity index (χ2n) is 6.12. The van der Waals surface area contributed by atoms with E-state index in [4.69, 9.17) is 0 Å². The minimum atomic E-state index is 0. The Hall–Kier alpha value is -1.74. The maximum atomic E-state index is 4.62. The van der Waals surface area contributed by atoms with Crippen molar-refractivity contribution < 1.29 is 0 Å². The SMILES string of the molecule is CN=C(NCCc1cn2ccccc2n1)NCc1ccc(C)cc1SC.I. The van der Waals surface area contributed by atoms with Crippen LogP contribution in [-0.2, 0) is 13.0 Å². The summed E-state index contributed by atoms with van der Waals surface area (Å²) in [7, 11) is 1.80. The molecule has 5 nitrogen and oxygen atoms in total. The number of aromatic nitrogens is 2. The zero-order chi connectivity index (χ0) is 18.4. The summed E-state index contributed by atoms with van der Waals surface area (Å²) in [6, 6.07) is 12.6. The van der Waals surface area contributed by atoms with Crippen molar-refractivity contribution in [2.45, 2.75) is 24.8 Å². The Labute approximate surface area is 182 Å². The van der Waals surface area contributed by atoms with Gasteiger partial charge in [-0.25, -0.2) is 4.98 Å². The molecule has 7 heteroatoms. The van der Waals surface area contributed by atoms with Crippen molar-refractivity contribution in [2.75, 3.05) is 19.8 Å². The van der Waals surface area contributed by atoms with E-state index in [1.54, 1.807) is 18.8 Å². The Balaban J connectivity index is 0.00000261. The van der Waals surface area contributed by atoms with Crippen molar-refractivity contribution in [1.29, 1.82) is 0 Å². The van der Waals surface area contributed by atoms with E-state index in [0.29, 0.717) is 0 Å². The molecule has 27 heavy (non-hydrogen) atoms. The molecule has 0 aliphatic carbocycles. The molecule has 0 spiro atoms. The van der Waals surface area contributed by atoms with Gasteiger partial charge in [0.05, 0.1) is 5.69 Å². The van der Waals surface area contributed by atoms with Gasteiger partial charge in [-0.05, 0) is 42.5 Å². The molecule has 2 heterocycles. The molecular formula is C20H26IN5S. The molecule has 0 fully saturated rings. The molecule has 0 aliphatic rings. The lowest BCUT2D eigenvalue weighted by atomic mass is 10.1. The van der Waals surface area contributed by atoms with Gasteiger partial charge in [-0.3, -0.25) is 4.99 Å². The summed E-state index contributed by atoms with van der Waals surface area (Å²) >= 11 is 1.78. The van der Waals surface area contributed by atoms with E-state index in [1.807, 2.05) is 28.8 Å². The lowest BCUT2D eigenvalue weighted by molar-refractivity contribution is 0.782. The number of halogens is 1. The quantitative estimate of drug-likeness (QED) is 0.236. The van der Waals surface area contributed by atoms with E-state index in [0.717, 1.165) is 36.8 Å². The maximum Gasteiger partial charge on any atom is 0.191 e. The topological polar surface area (TPSA) is 53.7 Å². The molecule has 2 N–H and O–H groups in total. The van der Waals surface area contributed by atoms with Gasteiger partial charge in [-0.15, -0.1) is 35.7 Å². The first kappa shape index (κ1) is 21.6. The zero-order valence-corrected chi connectivity index (χ0v) is 19.0. The van der Waals surface area contributed by atoms with E-state index in [-0.39, 0.29) is 24.0 Å². The molecule has 0 bridgehead atoms. The van der Waals surface area contributed by atoms with Crippen LogP contribution in [0.3, 0.4) is 0 Å². The number of thioether (sulfide) groups is 1. The first-order valence-corrected chi connectivity index (χ1v) is 9.92. The number of hydrogen-bond donors (Lipinski definition) is 2. The Bertz CT molecular complexity index is 873. The lowest BCUT2D eigenvalue weighted by Crippen LogP contribution is -2.38. The number of fused-ring (bicyclic) bond motifs is 1. The number of aliphatic imine (C=N–C) groups is 1. The summed E-state index contributed by atoms with van der Waals surface area (Å²) in [4.78, 5) is 10.2. The van der Waals surface area contributed by atoms with Crippen LogP contribution in [-0.4, -0.2) is 35.2 Å². The molecule has 0 saturated carbocycles. The van der Waals surface area contributed by atoms with Crippen molar-refractivity contribution in [2.24, 2.45) is 4.99 Å². The Morgan fingerprint density at radius 2 is 2.07 bits per heavy atom. The number of rotatable bonds is 6. The van der Waals surface area contributed by atoms with Gasteiger partial charge in [0.25, 0.3) is 0 Å². The Morgan fingerprint density at radius 1 is 1.22 bits per heavy atom. The van der Waals surface area contributed by atoms with E-state index < -0.39 is 0 Å². The van der Waals surface area contributed by atoms with E-state index >= 15 is 0 Å². The van der Waals surface area contributed by atoms with Crippen LogP contribution in [0, 0.1) is 6.92 Å². The van der Waals surface area contributed by atoms with Crippen molar-refractivity contribution >= 4 is 47.3 Å². The number of pyridine rings is 1. The fourth-order valence-electron chi connectivity index (χ4n) is 2.81. The third kappa shape index (κ3) is 5.87. The highest BCUT2D eigenvalue weighted by atomic mass is 127. The fourth-order valence-corrected chi connectivity index (χ4v) is 3.52. The third-order valence-corrected chi connectivity index (χ3v) is 5.02. The van der Waals surface area contributed by atoms with E-state index in [9.17, 15) is 0 Å². The highest BCUT2D eigenvalue weighted by Gasteiger charge is 2.05. The Kier molecular flexibility index (Phi) is 8.43. The lowest BCUT2D eigenvalue weighted by Gasteiger charge is -2.13. The second-order valence-corrected chi connectivity index (χ2v) is 6.96. The molecule has 0 unspecified atom stereocenters. The molecule has 0 atom stereocenters. The Morgan fingerprint density at radius 3 is 2.81 bits per heavy atom. The van der Waals surface area contributed by atoms with Crippen molar-refractivity contribution in [3.05, 3.63) is 65.6 Å². The molecule has 144 valence electrons. The third-order valence-electron chi connectivity index (χ3n) is 4.20. The fraction of sp³-hybridized carbons (Fsp3) is 0.300. The average molecular weight is 495 g/mol. The second kappa shape index (κ2) is 10.6. The number of imidazole rings is 1. The average Bonchev–Trinajstić information content (AvgIpc) is 3.08. The molecule has 0 radical (unpaired) electrons. The van der Waals surface area contributed by atoms with Gasteiger partial charge in [0.2, 0.25) is 0 Å². The van der Waals surface area contributed by atoms with Crippen molar-refractivity contribution in [3.8, 4) is 0 Å². The van der Waals surface area contributed by atoms with Crippen LogP contribution >= 0.6 is 35.7 Å². The summed E-state index contributed by atoms with van der Waals surface area (Å²) in [5.41, 5.74) is 4.62. The van der Waals surface area contributed by atoms with Crippen LogP contribution in [0.25, 0.3) is 5.65 Å². The van der Waals surface area contributed by atoms with Crippen molar-refractivity contribution in [3.63, 3.8) is 0 Å². The van der Waals surface area contributed by atoms with Crippen molar-refractivity contribution in [1.82, 2.24) is 20.0 Å². The van der Waals surface area contributed by atoms with Gasteiger partial charge in [-0.2, -0.15) is 0 Å². The predicted octanol–water partition coefficient (Wildman–Crippen LogP) is 3.89.